The zero-order valence-corrected chi connectivity index (χ0v) is 16.7. The average Bonchev–Trinajstić information content (AvgIpc) is 2.60. The smallest absolute Gasteiger partial charge is 0.267 e. The summed E-state index contributed by atoms with van der Waals surface area (Å²) in [6.07, 6.45) is -0.0186. The van der Waals surface area contributed by atoms with Gasteiger partial charge in [0.15, 0.2) is 6.10 Å². The van der Waals surface area contributed by atoms with Crippen LogP contribution in [-0.4, -0.2) is 40.3 Å². The Labute approximate surface area is 166 Å². The molecule has 2 aromatic carbocycles. The highest BCUT2D eigenvalue weighted by Gasteiger charge is 2.35. The lowest BCUT2D eigenvalue weighted by Crippen LogP contribution is -2.48. The third kappa shape index (κ3) is 4.23. The van der Waals surface area contributed by atoms with Crippen LogP contribution in [-0.2, 0) is 14.8 Å². The van der Waals surface area contributed by atoms with Gasteiger partial charge in [0.1, 0.15) is 11.5 Å². The van der Waals surface area contributed by atoms with Gasteiger partial charge in [-0.1, -0.05) is 23.2 Å². The van der Waals surface area contributed by atoms with Gasteiger partial charge in [-0.3, -0.25) is 9.10 Å². The number of nitrogens with one attached hydrogen (secondary N) is 1. The summed E-state index contributed by atoms with van der Waals surface area (Å²) in [5, 5.41) is 3.43. The van der Waals surface area contributed by atoms with Crippen molar-refractivity contribution in [3.05, 3.63) is 46.4 Å². The van der Waals surface area contributed by atoms with E-state index in [-0.39, 0.29) is 18.0 Å². The van der Waals surface area contributed by atoms with Crippen LogP contribution in [0.1, 0.15) is 0 Å². The number of ether oxygens (including phenoxy) is 2. The van der Waals surface area contributed by atoms with Gasteiger partial charge < -0.3 is 14.8 Å². The van der Waals surface area contributed by atoms with Crippen LogP contribution in [0.4, 0.5) is 11.4 Å². The predicted octanol–water partition coefficient (Wildman–Crippen LogP) is 3.17. The van der Waals surface area contributed by atoms with E-state index in [2.05, 4.69) is 5.32 Å². The maximum absolute atomic E-state index is 12.7. The topological polar surface area (TPSA) is 84.9 Å². The second-order valence-corrected chi connectivity index (χ2v) is 8.63. The summed E-state index contributed by atoms with van der Waals surface area (Å²) in [7, 11) is -2.19. The molecule has 1 N–H and O–H groups in total. The Morgan fingerprint density at radius 1 is 1.22 bits per heavy atom. The summed E-state index contributed by atoms with van der Waals surface area (Å²) in [5.41, 5.74) is 0.640. The third-order valence-corrected chi connectivity index (χ3v) is 5.52. The highest BCUT2D eigenvalue weighted by atomic mass is 35.5. The van der Waals surface area contributed by atoms with E-state index >= 15 is 0 Å². The summed E-state index contributed by atoms with van der Waals surface area (Å²) in [6, 6.07) is 9.32. The van der Waals surface area contributed by atoms with Crippen LogP contribution in [0.2, 0.25) is 10.0 Å². The van der Waals surface area contributed by atoms with Gasteiger partial charge in [0.25, 0.3) is 5.91 Å². The number of nitrogens with zero attached hydrogens (tertiary/aromatic N) is 1. The van der Waals surface area contributed by atoms with Gasteiger partial charge in [-0.05, 0) is 36.4 Å². The Balaban J connectivity index is 1.91. The number of halogens is 2. The first kappa shape index (κ1) is 19.6. The molecule has 2 aromatic rings. The van der Waals surface area contributed by atoms with Gasteiger partial charge in [0, 0.05) is 10.0 Å². The zero-order valence-electron chi connectivity index (χ0n) is 14.4. The number of sulfonamides is 1. The van der Waals surface area contributed by atoms with Crippen molar-refractivity contribution in [1.82, 2.24) is 0 Å². The highest BCUT2D eigenvalue weighted by molar-refractivity contribution is 7.92. The molecule has 1 heterocycles. The molecule has 0 fully saturated rings. The molecule has 1 aliphatic rings. The van der Waals surface area contributed by atoms with Crippen molar-refractivity contribution in [2.75, 3.05) is 29.5 Å². The number of anilines is 2. The van der Waals surface area contributed by atoms with Crippen LogP contribution in [0, 0.1) is 0 Å². The van der Waals surface area contributed by atoms with Crippen LogP contribution in [0.5, 0.6) is 11.5 Å². The summed E-state index contributed by atoms with van der Waals surface area (Å²) in [4.78, 5) is 12.7. The summed E-state index contributed by atoms with van der Waals surface area (Å²) >= 11 is 11.9. The molecule has 0 bridgehead atoms. The molecule has 0 radical (unpaired) electrons. The van der Waals surface area contributed by atoms with Crippen LogP contribution >= 0.6 is 23.2 Å². The molecule has 3 rings (SSSR count). The van der Waals surface area contributed by atoms with E-state index in [0.29, 0.717) is 21.5 Å². The molecule has 0 unspecified atom stereocenters. The first-order chi connectivity index (χ1) is 12.7. The minimum atomic E-state index is -3.65. The molecule has 0 saturated heterocycles. The van der Waals surface area contributed by atoms with Gasteiger partial charge in [-0.25, -0.2) is 8.42 Å². The highest BCUT2D eigenvalue weighted by Crippen LogP contribution is 2.37. The number of rotatable bonds is 4. The monoisotopic (exact) mass is 430 g/mol. The van der Waals surface area contributed by atoms with Crippen molar-refractivity contribution >= 4 is 50.5 Å². The molecule has 1 amide bonds. The summed E-state index contributed by atoms with van der Waals surface area (Å²) in [6.45, 7) is -0.194. The summed E-state index contributed by atoms with van der Waals surface area (Å²) in [5.74, 6) is 0.120. The van der Waals surface area contributed by atoms with Crippen LogP contribution in [0.15, 0.2) is 36.4 Å². The summed E-state index contributed by atoms with van der Waals surface area (Å²) < 4.78 is 36.4. The van der Waals surface area contributed by atoms with E-state index in [1.54, 1.807) is 18.2 Å². The van der Waals surface area contributed by atoms with E-state index in [1.165, 1.54) is 25.3 Å². The molecular weight excluding hydrogens is 415 g/mol. The van der Waals surface area contributed by atoms with Crippen molar-refractivity contribution in [3.8, 4) is 11.5 Å². The number of carbonyl (C=O) groups is 1. The van der Waals surface area contributed by atoms with Gasteiger partial charge in [-0.15, -0.1) is 0 Å². The van der Waals surface area contributed by atoms with E-state index < -0.39 is 22.0 Å². The van der Waals surface area contributed by atoms with Gasteiger partial charge in [0.05, 0.1) is 31.3 Å². The number of hydrogen-bond donors (Lipinski definition) is 1. The van der Waals surface area contributed by atoms with Gasteiger partial charge in [-0.2, -0.15) is 0 Å². The Morgan fingerprint density at radius 2 is 1.89 bits per heavy atom. The normalized spacial score (nSPS) is 16.3. The van der Waals surface area contributed by atoms with E-state index in [9.17, 15) is 13.2 Å². The fourth-order valence-electron chi connectivity index (χ4n) is 2.67. The molecule has 144 valence electrons. The lowest BCUT2D eigenvalue weighted by molar-refractivity contribution is -0.122. The third-order valence-electron chi connectivity index (χ3n) is 3.90. The standard InChI is InChI=1S/C17H16Cl2N2O5S/c1-25-14-5-3-10(18)7-12(14)20-17(22)16-9-21(27(2,23)24)13-8-11(19)4-6-15(13)26-16/h3-8,16H,9H2,1-2H3,(H,20,22)/t16-/m0/s1. The lowest BCUT2D eigenvalue weighted by atomic mass is 10.2. The SMILES string of the molecule is COc1ccc(Cl)cc1NC(=O)[C@@H]1CN(S(C)(=O)=O)c2cc(Cl)ccc2O1. The van der Waals surface area contributed by atoms with Crippen LogP contribution < -0.4 is 19.1 Å². The van der Waals surface area contributed by atoms with Crippen molar-refractivity contribution < 1.29 is 22.7 Å². The number of fused-ring (bicyclic) bond motifs is 1. The first-order valence-electron chi connectivity index (χ1n) is 7.77. The molecule has 0 aromatic heterocycles. The van der Waals surface area contributed by atoms with Crippen LogP contribution in [0.3, 0.4) is 0 Å². The molecule has 0 spiro atoms. The van der Waals surface area contributed by atoms with Crippen molar-refractivity contribution in [2.24, 2.45) is 0 Å². The molecule has 27 heavy (non-hydrogen) atoms. The second kappa shape index (κ2) is 7.46. The fraction of sp³-hybridized carbons (Fsp3) is 0.235. The Hall–Kier alpha value is -2.16. The van der Waals surface area contributed by atoms with Crippen LogP contribution in [0.25, 0.3) is 0 Å². The van der Waals surface area contributed by atoms with Crippen molar-refractivity contribution in [3.63, 3.8) is 0 Å². The molecule has 10 heteroatoms. The number of benzene rings is 2. The average molecular weight is 431 g/mol. The van der Waals surface area contributed by atoms with E-state index in [0.717, 1.165) is 10.6 Å². The van der Waals surface area contributed by atoms with Crippen molar-refractivity contribution in [2.45, 2.75) is 6.10 Å². The molecule has 0 saturated carbocycles. The quantitative estimate of drug-likeness (QED) is 0.804. The Bertz CT molecular complexity index is 997. The Kier molecular flexibility index (Phi) is 5.41. The molecule has 0 aliphatic carbocycles. The first-order valence-corrected chi connectivity index (χ1v) is 10.4. The maximum atomic E-state index is 12.7. The Morgan fingerprint density at radius 3 is 2.56 bits per heavy atom. The minimum Gasteiger partial charge on any atom is -0.495 e. The van der Waals surface area contributed by atoms with Gasteiger partial charge >= 0.3 is 0 Å². The predicted molar refractivity (Wildman–Crippen MR) is 105 cm³/mol. The lowest BCUT2D eigenvalue weighted by Gasteiger charge is -2.34. The number of hydrogen-bond acceptors (Lipinski definition) is 5. The number of carbonyl (C=O) groups excluding carboxylic acids is 1. The molecule has 1 aliphatic heterocycles. The molecule has 1 atom stereocenters. The number of methoxy groups -OCH3 is 1. The number of amides is 1. The minimum absolute atomic E-state index is 0.194. The largest absolute Gasteiger partial charge is 0.495 e. The second-order valence-electron chi connectivity index (χ2n) is 5.85. The van der Waals surface area contributed by atoms with Gasteiger partial charge in [0.2, 0.25) is 10.0 Å². The van der Waals surface area contributed by atoms with E-state index in [1.807, 2.05) is 0 Å². The fourth-order valence-corrected chi connectivity index (χ4v) is 3.91. The van der Waals surface area contributed by atoms with E-state index in [4.69, 9.17) is 32.7 Å². The molecular formula is C17H16Cl2N2O5S. The van der Waals surface area contributed by atoms with Crippen molar-refractivity contribution in [1.29, 1.82) is 0 Å². The zero-order chi connectivity index (χ0) is 19.8. The molecule has 7 nitrogen and oxygen atoms in total. The maximum Gasteiger partial charge on any atom is 0.267 e.